The number of halogens is 2. The normalized spacial score (nSPS) is 9.94. The molecule has 0 atom stereocenters. The molecule has 1 aromatic rings. The van der Waals surface area contributed by atoms with Crippen LogP contribution in [0, 0.1) is 6.92 Å². The van der Waals surface area contributed by atoms with E-state index in [1.165, 1.54) is 0 Å². The summed E-state index contributed by atoms with van der Waals surface area (Å²) in [7, 11) is 0. The first-order valence-electron chi connectivity index (χ1n) is 5.46. The van der Waals surface area contributed by atoms with Gasteiger partial charge in [0.05, 0.1) is 5.69 Å². The number of carbonyl (C=O) groups is 2. The summed E-state index contributed by atoms with van der Waals surface area (Å²) in [6.45, 7) is 2.33. The van der Waals surface area contributed by atoms with Gasteiger partial charge in [-0.1, -0.05) is 6.07 Å². The van der Waals surface area contributed by atoms with Crippen LogP contribution in [0.1, 0.15) is 12.0 Å². The van der Waals surface area contributed by atoms with E-state index in [2.05, 4.69) is 26.6 Å². The SMILES string of the molecule is Cc1ccc(NC(=O)C(=O)NCCCCl)c(Br)c1. The summed E-state index contributed by atoms with van der Waals surface area (Å²) in [5.41, 5.74) is 1.63. The van der Waals surface area contributed by atoms with Gasteiger partial charge in [0, 0.05) is 16.9 Å². The van der Waals surface area contributed by atoms with Crippen LogP contribution in [-0.2, 0) is 9.59 Å². The number of hydrogen-bond acceptors (Lipinski definition) is 2. The molecule has 0 bridgehead atoms. The molecule has 1 rings (SSSR count). The molecule has 0 aliphatic carbocycles. The largest absolute Gasteiger partial charge is 0.348 e. The minimum absolute atomic E-state index is 0.394. The van der Waals surface area contributed by atoms with Crippen molar-refractivity contribution in [3.8, 4) is 0 Å². The van der Waals surface area contributed by atoms with Crippen molar-refractivity contribution in [3.05, 3.63) is 28.2 Å². The van der Waals surface area contributed by atoms with Gasteiger partial charge in [-0.05, 0) is 47.0 Å². The highest BCUT2D eigenvalue weighted by molar-refractivity contribution is 9.10. The highest BCUT2D eigenvalue weighted by Crippen LogP contribution is 2.23. The van der Waals surface area contributed by atoms with Gasteiger partial charge in [0.1, 0.15) is 0 Å². The minimum atomic E-state index is -0.686. The predicted octanol–water partition coefficient (Wildman–Crippen LogP) is 2.44. The van der Waals surface area contributed by atoms with Gasteiger partial charge in [-0.15, -0.1) is 11.6 Å². The average Bonchev–Trinajstić information content (AvgIpc) is 2.32. The number of aryl methyl sites for hydroxylation is 1. The highest BCUT2D eigenvalue weighted by atomic mass is 79.9. The summed E-state index contributed by atoms with van der Waals surface area (Å²) in [6, 6.07) is 5.45. The zero-order valence-corrected chi connectivity index (χ0v) is 12.3. The minimum Gasteiger partial charge on any atom is -0.348 e. The molecule has 0 aliphatic rings. The van der Waals surface area contributed by atoms with E-state index in [1.807, 2.05) is 19.1 Å². The lowest BCUT2D eigenvalue weighted by Crippen LogP contribution is -2.36. The lowest BCUT2D eigenvalue weighted by atomic mass is 10.2. The van der Waals surface area contributed by atoms with E-state index in [0.717, 1.165) is 10.0 Å². The third kappa shape index (κ3) is 4.66. The van der Waals surface area contributed by atoms with Gasteiger partial charge in [-0.2, -0.15) is 0 Å². The first-order chi connectivity index (χ1) is 8.54. The van der Waals surface area contributed by atoms with Crippen LogP contribution in [0.3, 0.4) is 0 Å². The summed E-state index contributed by atoms with van der Waals surface area (Å²) in [5, 5.41) is 5.02. The Morgan fingerprint density at radius 1 is 1.33 bits per heavy atom. The van der Waals surface area contributed by atoms with Gasteiger partial charge >= 0.3 is 11.8 Å². The summed E-state index contributed by atoms with van der Waals surface area (Å²) < 4.78 is 0.740. The molecule has 98 valence electrons. The molecule has 0 saturated heterocycles. The number of anilines is 1. The standard InChI is InChI=1S/C12H14BrClN2O2/c1-8-3-4-10(9(13)7-8)16-12(18)11(17)15-6-2-5-14/h3-4,7H,2,5-6H2,1H3,(H,15,17)(H,16,18). The monoisotopic (exact) mass is 332 g/mol. The van der Waals surface area contributed by atoms with Gasteiger partial charge in [-0.25, -0.2) is 0 Å². The fraction of sp³-hybridized carbons (Fsp3) is 0.333. The lowest BCUT2D eigenvalue weighted by molar-refractivity contribution is -0.136. The second-order valence-electron chi connectivity index (χ2n) is 3.74. The summed E-state index contributed by atoms with van der Waals surface area (Å²) in [5.74, 6) is -0.896. The molecular formula is C12H14BrClN2O2. The summed E-state index contributed by atoms with van der Waals surface area (Å²) >= 11 is 8.80. The van der Waals surface area contributed by atoms with Gasteiger partial charge in [0.25, 0.3) is 0 Å². The molecule has 0 aliphatic heterocycles. The van der Waals surface area contributed by atoms with Crippen molar-refractivity contribution in [2.45, 2.75) is 13.3 Å². The van der Waals surface area contributed by atoms with Crippen LogP contribution < -0.4 is 10.6 Å². The molecule has 0 heterocycles. The van der Waals surface area contributed by atoms with E-state index in [0.29, 0.717) is 24.5 Å². The molecule has 0 radical (unpaired) electrons. The van der Waals surface area contributed by atoms with Gasteiger partial charge < -0.3 is 10.6 Å². The van der Waals surface area contributed by atoms with E-state index < -0.39 is 11.8 Å². The summed E-state index contributed by atoms with van der Waals surface area (Å²) in [6.07, 6.45) is 0.634. The molecule has 0 spiro atoms. The van der Waals surface area contributed by atoms with Crippen LogP contribution in [0.5, 0.6) is 0 Å². The Labute approximate surface area is 119 Å². The number of alkyl halides is 1. The number of amides is 2. The Kier molecular flexibility index (Phi) is 6.15. The maximum absolute atomic E-state index is 11.6. The van der Waals surface area contributed by atoms with Crippen molar-refractivity contribution >= 4 is 45.0 Å². The quantitative estimate of drug-likeness (QED) is 0.505. The maximum atomic E-state index is 11.6. The number of benzene rings is 1. The molecule has 18 heavy (non-hydrogen) atoms. The van der Waals surface area contributed by atoms with Crippen LogP contribution in [-0.4, -0.2) is 24.2 Å². The van der Waals surface area contributed by atoms with E-state index in [9.17, 15) is 9.59 Å². The third-order valence-corrected chi connectivity index (χ3v) is 3.10. The van der Waals surface area contributed by atoms with Gasteiger partial charge in [0.2, 0.25) is 0 Å². The fourth-order valence-electron chi connectivity index (χ4n) is 1.25. The Morgan fingerprint density at radius 3 is 2.67 bits per heavy atom. The van der Waals surface area contributed by atoms with Crippen LogP contribution in [0.2, 0.25) is 0 Å². The molecular weight excluding hydrogens is 320 g/mol. The van der Waals surface area contributed by atoms with Crippen LogP contribution >= 0.6 is 27.5 Å². The number of hydrogen-bond donors (Lipinski definition) is 2. The smallest absolute Gasteiger partial charge is 0.313 e. The van der Waals surface area contributed by atoms with Crippen molar-refractivity contribution in [2.75, 3.05) is 17.7 Å². The van der Waals surface area contributed by atoms with Crippen molar-refractivity contribution in [1.82, 2.24) is 5.32 Å². The van der Waals surface area contributed by atoms with E-state index >= 15 is 0 Å². The molecule has 2 amide bonds. The lowest BCUT2D eigenvalue weighted by Gasteiger charge is -2.08. The number of carbonyl (C=O) groups excluding carboxylic acids is 2. The summed E-state index contributed by atoms with van der Waals surface area (Å²) in [4.78, 5) is 23.0. The van der Waals surface area contributed by atoms with Crippen molar-refractivity contribution in [2.24, 2.45) is 0 Å². The van der Waals surface area contributed by atoms with Crippen LogP contribution in [0.15, 0.2) is 22.7 Å². The topological polar surface area (TPSA) is 58.2 Å². The Hall–Kier alpha value is -1.07. The van der Waals surface area contributed by atoms with Crippen molar-refractivity contribution in [3.63, 3.8) is 0 Å². The molecule has 0 saturated carbocycles. The molecule has 6 heteroatoms. The first kappa shape index (κ1) is 15.0. The van der Waals surface area contributed by atoms with Crippen molar-refractivity contribution in [1.29, 1.82) is 0 Å². The molecule has 0 unspecified atom stereocenters. The molecule has 0 aromatic heterocycles. The van der Waals surface area contributed by atoms with E-state index in [-0.39, 0.29) is 0 Å². The number of rotatable bonds is 4. The zero-order chi connectivity index (χ0) is 13.5. The van der Waals surface area contributed by atoms with Crippen LogP contribution in [0.25, 0.3) is 0 Å². The molecule has 4 nitrogen and oxygen atoms in total. The predicted molar refractivity (Wildman–Crippen MR) is 75.9 cm³/mol. The van der Waals surface area contributed by atoms with Crippen LogP contribution in [0.4, 0.5) is 5.69 Å². The second kappa shape index (κ2) is 7.38. The fourth-order valence-corrected chi connectivity index (χ4v) is 1.98. The van der Waals surface area contributed by atoms with E-state index in [1.54, 1.807) is 6.07 Å². The Morgan fingerprint density at radius 2 is 2.06 bits per heavy atom. The third-order valence-electron chi connectivity index (χ3n) is 2.17. The molecule has 0 fully saturated rings. The second-order valence-corrected chi connectivity index (χ2v) is 4.97. The number of nitrogens with one attached hydrogen (secondary N) is 2. The highest BCUT2D eigenvalue weighted by Gasteiger charge is 2.14. The maximum Gasteiger partial charge on any atom is 0.313 e. The van der Waals surface area contributed by atoms with Gasteiger partial charge in [-0.3, -0.25) is 9.59 Å². The molecule has 1 aromatic carbocycles. The zero-order valence-electron chi connectivity index (χ0n) is 9.93. The molecule has 2 N–H and O–H groups in total. The Balaban J connectivity index is 2.56. The van der Waals surface area contributed by atoms with Crippen molar-refractivity contribution < 1.29 is 9.59 Å². The first-order valence-corrected chi connectivity index (χ1v) is 6.78. The van der Waals surface area contributed by atoms with Gasteiger partial charge in [0.15, 0.2) is 0 Å². The Bertz CT molecular complexity index is 452. The van der Waals surface area contributed by atoms with E-state index in [4.69, 9.17) is 11.6 Å². The average molecular weight is 334 g/mol.